The molecule has 0 saturated heterocycles. The highest BCUT2D eigenvalue weighted by atomic mass is 35.5. The van der Waals surface area contributed by atoms with E-state index in [-0.39, 0.29) is 29.8 Å². The Morgan fingerprint density at radius 2 is 1.56 bits per heavy atom. The van der Waals surface area contributed by atoms with Gasteiger partial charge in [-0.2, -0.15) is 4.31 Å². The predicted molar refractivity (Wildman–Crippen MR) is 155 cm³/mol. The van der Waals surface area contributed by atoms with Crippen LogP contribution in [0.1, 0.15) is 37.0 Å². The van der Waals surface area contributed by atoms with Gasteiger partial charge in [-0.1, -0.05) is 84.8 Å². The molecule has 0 bridgehead atoms. The third-order valence-corrected chi connectivity index (χ3v) is 8.84. The van der Waals surface area contributed by atoms with Crippen molar-refractivity contribution in [3.8, 4) is 0 Å². The molecule has 0 saturated carbocycles. The van der Waals surface area contributed by atoms with Crippen molar-refractivity contribution >= 4 is 33.4 Å². The zero-order chi connectivity index (χ0) is 28.6. The molecule has 9 heteroatoms. The summed E-state index contributed by atoms with van der Waals surface area (Å²) in [5.74, 6) is -0.814. The van der Waals surface area contributed by atoms with Gasteiger partial charge in [-0.05, 0) is 49.6 Å². The van der Waals surface area contributed by atoms with E-state index in [1.54, 1.807) is 30.3 Å². The predicted octanol–water partition coefficient (Wildman–Crippen LogP) is 4.82. The molecule has 3 aromatic carbocycles. The molecule has 0 spiro atoms. The van der Waals surface area contributed by atoms with E-state index in [4.69, 9.17) is 11.6 Å². The fourth-order valence-electron chi connectivity index (χ4n) is 4.06. The van der Waals surface area contributed by atoms with Gasteiger partial charge >= 0.3 is 0 Å². The van der Waals surface area contributed by atoms with E-state index in [0.717, 1.165) is 21.9 Å². The molecule has 0 aromatic heterocycles. The molecule has 0 fully saturated rings. The summed E-state index contributed by atoms with van der Waals surface area (Å²) in [7, 11) is -2.57. The highest BCUT2D eigenvalue weighted by molar-refractivity contribution is 7.89. The first kappa shape index (κ1) is 30.3. The van der Waals surface area contributed by atoms with Gasteiger partial charge in [-0.25, -0.2) is 8.42 Å². The van der Waals surface area contributed by atoms with Crippen molar-refractivity contribution in [2.24, 2.45) is 0 Å². The number of amides is 2. The Balaban J connectivity index is 1.99. The van der Waals surface area contributed by atoms with E-state index < -0.39 is 28.5 Å². The van der Waals surface area contributed by atoms with Gasteiger partial charge in [0.2, 0.25) is 21.8 Å². The second-order valence-electron chi connectivity index (χ2n) is 9.71. The summed E-state index contributed by atoms with van der Waals surface area (Å²) in [6.45, 7) is 5.34. The summed E-state index contributed by atoms with van der Waals surface area (Å²) in [5, 5.41) is 3.46. The van der Waals surface area contributed by atoms with Crippen LogP contribution in [0.4, 0.5) is 0 Å². The van der Waals surface area contributed by atoms with E-state index in [9.17, 15) is 18.0 Å². The molecule has 0 aliphatic carbocycles. The molecule has 0 heterocycles. The van der Waals surface area contributed by atoms with Crippen LogP contribution >= 0.6 is 11.6 Å². The topological polar surface area (TPSA) is 86.8 Å². The Morgan fingerprint density at radius 1 is 0.949 bits per heavy atom. The van der Waals surface area contributed by atoms with Crippen molar-refractivity contribution in [2.75, 3.05) is 13.6 Å². The summed E-state index contributed by atoms with van der Waals surface area (Å²) >= 11 is 6.45. The van der Waals surface area contributed by atoms with Crippen molar-refractivity contribution in [1.82, 2.24) is 14.5 Å². The molecular weight excluding hydrogens is 534 g/mol. The molecule has 0 radical (unpaired) electrons. The van der Waals surface area contributed by atoms with E-state index in [1.807, 2.05) is 57.2 Å². The monoisotopic (exact) mass is 569 g/mol. The van der Waals surface area contributed by atoms with Crippen molar-refractivity contribution in [1.29, 1.82) is 0 Å². The maximum Gasteiger partial charge on any atom is 0.243 e. The lowest BCUT2D eigenvalue weighted by atomic mass is 10.0. The average molecular weight is 570 g/mol. The average Bonchev–Trinajstić information content (AvgIpc) is 2.92. The Labute approximate surface area is 236 Å². The molecule has 0 aliphatic rings. The lowest BCUT2D eigenvalue weighted by Gasteiger charge is -2.33. The standard InChI is InChI=1S/C30H36ClN3O4S/c1-5-23(3)32-30(36)28(19-24-11-7-6-8-12-24)34(20-25-13-9-10-14-27(25)31)29(35)21-33(4)39(37,38)26-17-15-22(2)16-18-26/h6-18,23,28H,5,19-21H2,1-4H3,(H,32,36)/t23-,28-/m1/s1. The quantitative estimate of drug-likeness (QED) is 0.339. The highest BCUT2D eigenvalue weighted by Gasteiger charge is 2.33. The van der Waals surface area contributed by atoms with Crippen LogP contribution in [0, 0.1) is 6.92 Å². The zero-order valence-electron chi connectivity index (χ0n) is 22.8. The van der Waals surface area contributed by atoms with Crippen molar-refractivity contribution in [3.63, 3.8) is 0 Å². The molecule has 208 valence electrons. The van der Waals surface area contributed by atoms with Gasteiger partial charge in [-0.3, -0.25) is 9.59 Å². The van der Waals surface area contributed by atoms with Crippen LogP contribution in [-0.4, -0.2) is 55.1 Å². The van der Waals surface area contributed by atoms with Crippen LogP contribution in [0.3, 0.4) is 0 Å². The molecule has 3 rings (SSSR count). The van der Waals surface area contributed by atoms with E-state index in [2.05, 4.69) is 5.32 Å². The largest absolute Gasteiger partial charge is 0.352 e. The lowest BCUT2D eigenvalue weighted by molar-refractivity contribution is -0.141. The van der Waals surface area contributed by atoms with Crippen LogP contribution in [-0.2, 0) is 32.6 Å². The Bertz CT molecular complexity index is 1360. The number of likely N-dealkylation sites (N-methyl/N-ethyl adjacent to an activating group) is 1. The normalized spacial score (nSPS) is 13.1. The number of hydrogen-bond acceptors (Lipinski definition) is 4. The third-order valence-electron chi connectivity index (χ3n) is 6.66. The van der Waals surface area contributed by atoms with Gasteiger partial charge in [0.05, 0.1) is 11.4 Å². The van der Waals surface area contributed by atoms with Crippen LogP contribution < -0.4 is 5.32 Å². The smallest absolute Gasteiger partial charge is 0.243 e. The Morgan fingerprint density at radius 3 is 2.18 bits per heavy atom. The number of nitrogens with one attached hydrogen (secondary N) is 1. The number of hydrogen-bond donors (Lipinski definition) is 1. The first-order chi connectivity index (χ1) is 18.5. The molecule has 1 N–H and O–H groups in total. The minimum Gasteiger partial charge on any atom is -0.352 e. The maximum absolute atomic E-state index is 13.9. The zero-order valence-corrected chi connectivity index (χ0v) is 24.4. The number of rotatable bonds is 12. The van der Waals surface area contributed by atoms with Crippen molar-refractivity contribution < 1.29 is 18.0 Å². The first-order valence-electron chi connectivity index (χ1n) is 12.9. The molecular formula is C30H36ClN3O4S. The van der Waals surface area contributed by atoms with Crippen LogP contribution in [0.2, 0.25) is 5.02 Å². The van der Waals surface area contributed by atoms with E-state index in [0.29, 0.717) is 10.6 Å². The fourth-order valence-corrected chi connectivity index (χ4v) is 5.38. The summed E-state index contributed by atoms with van der Waals surface area (Å²) in [6, 6.07) is 22.0. The number of carbonyl (C=O) groups excluding carboxylic acids is 2. The van der Waals surface area contributed by atoms with Gasteiger partial charge < -0.3 is 10.2 Å². The van der Waals surface area contributed by atoms with Gasteiger partial charge in [0.25, 0.3) is 0 Å². The molecule has 2 atom stereocenters. The number of halogens is 1. The molecule has 3 aromatic rings. The first-order valence-corrected chi connectivity index (χ1v) is 14.7. The number of benzene rings is 3. The molecule has 39 heavy (non-hydrogen) atoms. The van der Waals surface area contributed by atoms with Gasteiger partial charge in [0, 0.05) is 31.1 Å². The third kappa shape index (κ3) is 8.14. The minimum atomic E-state index is -3.93. The number of sulfonamides is 1. The molecule has 2 amide bonds. The Hall–Kier alpha value is -3.20. The SMILES string of the molecule is CC[C@@H](C)NC(=O)[C@@H](Cc1ccccc1)N(Cc1ccccc1Cl)C(=O)CN(C)S(=O)(=O)c1ccc(C)cc1. The summed E-state index contributed by atoms with van der Waals surface area (Å²) < 4.78 is 27.5. The minimum absolute atomic E-state index is 0.0440. The second-order valence-corrected chi connectivity index (χ2v) is 12.2. The second kappa shape index (κ2) is 13.7. The maximum atomic E-state index is 13.9. The van der Waals surface area contributed by atoms with Crippen LogP contribution in [0.25, 0.3) is 0 Å². The van der Waals surface area contributed by atoms with Gasteiger partial charge in [0.1, 0.15) is 6.04 Å². The van der Waals surface area contributed by atoms with Gasteiger partial charge in [-0.15, -0.1) is 0 Å². The number of aryl methyl sites for hydroxylation is 1. The van der Waals surface area contributed by atoms with Gasteiger partial charge in [0.15, 0.2) is 0 Å². The fraction of sp³-hybridized carbons (Fsp3) is 0.333. The summed E-state index contributed by atoms with van der Waals surface area (Å²) in [6.07, 6.45) is 0.980. The van der Waals surface area contributed by atoms with E-state index in [1.165, 1.54) is 24.1 Å². The number of carbonyl (C=O) groups is 2. The van der Waals surface area contributed by atoms with Crippen LogP contribution in [0.5, 0.6) is 0 Å². The molecule has 7 nitrogen and oxygen atoms in total. The lowest BCUT2D eigenvalue weighted by Crippen LogP contribution is -2.54. The highest BCUT2D eigenvalue weighted by Crippen LogP contribution is 2.22. The summed E-state index contributed by atoms with van der Waals surface area (Å²) in [4.78, 5) is 29.0. The Kier molecular flexibility index (Phi) is 10.7. The molecule has 0 aliphatic heterocycles. The van der Waals surface area contributed by atoms with Crippen LogP contribution in [0.15, 0.2) is 83.8 Å². The summed E-state index contributed by atoms with van der Waals surface area (Å²) in [5.41, 5.74) is 2.46. The number of nitrogens with zero attached hydrogens (tertiary/aromatic N) is 2. The molecule has 0 unspecified atom stereocenters. The van der Waals surface area contributed by atoms with Crippen molar-refractivity contribution in [3.05, 3.63) is 101 Å². The van der Waals surface area contributed by atoms with E-state index >= 15 is 0 Å². The van der Waals surface area contributed by atoms with Crippen molar-refractivity contribution in [2.45, 2.75) is 57.1 Å².